The average molecular weight is 342 g/mol. The van der Waals surface area contributed by atoms with E-state index < -0.39 is 23.1 Å². The molecule has 0 rings (SSSR count). The Balaban J connectivity index is 4.27. The van der Waals surface area contributed by atoms with Gasteiger partial charge in [-0.05, 0) is 18.0 Å². The van der Waals surface area contributed by atoms with Crippen molar-refractivity contribution in [2.24, 2.45) is 0 Å². The van der Waals surface area contributed by atoms with E-state index in [-0.39, 0.29) is 6.54 Å². The minimum Gasteiger partial charge on any atom is -0.351 e. The van der Waals surface area contributed by atoms with E-state index >= 15 is 0 Å². The molecule has 0 fully saturated rings. The minimum atomic E-state index is -5.97. The van der Waals surface area contributed by atoms with Crippen molar-refractivity contribution in [2.45, 2.75) is 62.7 Å². The van der Waals surface area contributed by atoms with Gasteiger partial charge >= 0.3 is 17.2 Å². The Morgan fingerprint density at radius 1 is 0.952 bits per heavy atom. The number of rotatable bonds is 10. The van der Waals surface area contributed by atoms with Gasteiger partial charge in [0.15, 0.2) is 0 Å². The van der Waals surface area contributed by atoms with Crippen LogP contribution >= 0.6 is 11.6 Å². The maximum absolute atomic E-state index is 13.0. The Hall–Kier alpha value is -0.660. The van der Waals surface area contributed by atoms with Crippen LogP contribution in [0.2, 0.25) is 0 Å². The summed E-state index contributed by atoms with van der Waals surface area (Å²) in [4.78, 5) is 11.0. The maximum Gasteiger partial charge on any atom is 0.395 e. The first kappa shape index (κ1) is 20.3. The molecule has 126 valence electrons. The van der Waals surface area contributed by atoms with E-state index in [0.717, 1.165) is 25.7 Å². The summed E-state index contributed by atoms with van der Waals surface area (Å²) < 4.78 is 76.2. The fourth-order valence-corrected chi connectivity index (χ4v) is 1.66. The molecule has 1 amide bonds. The zero-order valence-electron chi connectivity index (χ0n) is 11.5. The monoisotopic (exact) mass is 341 g/mol. The third-order valence-electron chi connectivity index (χ3n) is 2.85. The molecule has 1 N–H and O–H groups in total. The summed E-state index contributed by atoms with van der Waals surface area (Å²) in [6.07, 6.45) is 4.71. The van der Waals surface area contributed by atoms with Crippen molar-refractivity contribution in [3.8, 4) is 0 Å². The SMILES string of the molecule is CCCCCCCCNC(=O)C(F)(F)C(F)(F)C(F)(F)Cl. The van der Waals surface area contributed by atoms with Crippen molar-refractivity contribution in [3.63, 3.8) is 0 Å². The molecule has 0 aliphatic carbocycles. The number of hydrogen-bond donors (Lipinski definition) is 1. The summed E-state index contributed by atoms with van der Waals surface area (Å²) >= 11 is 3.94. The number of amides is 1. The summed E-state index contributed by atoms with van der Waals surface area (Å²) in [5.41, 5.74) is 0. The molecule has 0 saturated heterocycles. The molecule has 0 spiro atoms. The van der Waals surface area contributed by atoms with Crippen LogP contribution < -0.4 is 5.32 Å². The van der Waals surface area contributed by atoms with E-state index in [1.807, 2.05) is 6.92 Å². The zero-order chi connectivity index (χ0) is 16.7. The van der Waals surface area contributed by atoms with Gasteiger partial charge in [-0.1, -0.05) is 39.0 Å². The van der Waals surface area contributed by atoms with Gasteiger partial charge in [-0.25, -0.2) is 0 Å². The maximum atomic E-state index is 13.0. The number of alkyl halides is 7. The molecule has 2 nitrogen and oxygen atoms in total. The third kappa shape index (κ3) is 5.56. The van der Waals surface area contributed by atoms with Crippen LogP contribution in [-0.2, 0) is 4.79 Å². The first-order chi connectivity index (χ1) is 9.48. The normalized spacial score (nSPS) is 13.3. The van der Waals surface area contributed by atoms with Crippen LogP contribution in [0.3, 0.4) is 0 Å². The summed E-state index contributed by atoms with van der Waals surface area (Å²) in [5.74, 6) is -14.0. The summed E-state index contributed by atoms with van der Waals surface area (Å²) in [5, 5.41) is -3.99. The molecule has 0 aliphatic rings. The van der Waals surface area contributed by atoms with Crippen LogP contribution in [0.4, 0.5) is 26.3 Å². The minimum absolute atomic E-state index is 0.287. The lowest BCUT2D eigenvalue weighted by atomic mass is 10.1. The van der Waals surface area contributed by atoms with E-state index in [2.05, 4.69) is 11.6 Å². The molecule has 0 atom stereocenters. The van der Waals surface area contributed by atoms with E-state index in [1.54, 1.807) is 0 Å². The van der Waals surface area contributed by atoms with Gasteiger partial charge in [-0.15, -0.1) is 0 Å². The van der Waals surface area contributed by atoms with Gasteiger partial charge in [0.25, 0.3) is 5.91 Å². The highest BCUT2D eigenvalue weighted by Gasteiger charge is 2.74. The lowest BCUT2D eigenvalue weighted by Gasteiger charge is -2.28. The van der Waals surface area contributed by atoms with Gasteiger partial charge in [-0.3, -0.25) is 4.79 Å². The van der Waals surface area contributed by atoms with Crippen LogP contribution in [0.5, 0.6) is 0 Å². The molecule has 0 unspecified atom stereocenters. The molecule has 21 heavy (non-hydrogen) atoms. The topological polar surface area (TPSA) is 29.1 Å². The van der Waals surface area contributed by atoms with E-state index in [9.17, 15) is 31.1 Å². The van der Waals surface area contributed by atoms with Gasteiger partial charge in [0, 0.05) is 6.54 Å². The van der Waals surface area contributed by atoms with Crippen LogP contribution in [0.1, 0.15) is 45.4 Å². The highest BCUT2D eigenvalue weighted by Crippen LogP contribution is 2.47. The van der Waals surface area contributed by atoms with Crippen LogP contribution in [0.25, 0.3) is 0 Å². The summed E-state index contributed by atoms with van der Waals surface area (Å²) in [6, 6.07) is 0. The van der Waals surface area contributed by atoms with Gasteiger partial charge in [0.1, 0.15) is 0 Å². The highest BCUT2D eigenvalue weighted by molar-refractivity contribution is 6.22. The molecular weight excluding hydrogens is 324 g/mol. The molecule has 0 heterocycles. The third-order valence-corrected chi connectivity index (χ3v) is 3.09. The zero-order valence-corrected chi connectivity index (χ0v) is 12.3. The molecule has 0 saturated carbocycles. The van der Waals surface area contributed by atoms with Gasteiger partial charge in [0.2, 0.25) is 0 Å². The number of carbonyl (C=O) groups excluding carboxylic acids is 1. The summed E-state index contributed by atoms with van der Waals surface area (Å²) in [6.45, 7) is 1.72. The Bertz CT molecular complexity index is 332. The Kier molecular flexibility index (Phi) is 7.84. The Morgan fingerprint density at radius 3 is 1.90 bits per heavy atom. The first-order valence-electron chi connectivity index (χ1n) is 6.59. The Labute approximate surface area is 124 Å². The van der Waals surface area contributed by atoms with Crippen LogP contribution in [0.15, 0.2) is 0 Å². The first-order valence-corrected chi connectivity index (χ1v) is 6.97. The van der Waals surface area contributed by atoms with Gasteiger partial charge < -0.3 is 5.32 Å². The van der Waals surface area contributed by atoms with Crippen molar-refractivity contribution < 1.29 is 31.1 Å². The van der Waals surface area contributed by atoms with Crippen molar-refractivity contribution in [1.29, 1.82) is 0 Å². The smallest absolute Gasteiger partial charge is 0.351 e. The van der Waals surface area contributed by atoms with Crippen molar-refractivity contribution in [3.05, 3.63) is 0 Å². The summed E-state index contributed by atoms with van der Waals surface area (Å²) in [7, 11) is 0. The predicted octanol–water partition coefficient (Wildman–Crippen LogP) is 4.57. The predicted molar refractivity (Wildman–Crippen MR) is 67.1 cm³/mol. The van der Waals surface area contributed by atoms with Gasteiger partial charge in [0.05, 0.1) is 0 Å². The largest absolute Gasteiger partial charge is 0.395 e. The van der Waals surface area contributed by atoms with E-state index in [1.165, 1.54) is 5.32 Å². The standard InChI is InChI=1S/C12H18ClF6NO/c1-2-3-4-5-6-7-8-20-9(21)10(14,15)11(16,17)12(13,18)19/h2-8H2,1H3,(H,20,21). The number of halogens is 7. The molecule has 0 bridgehead atoms. The second kappa shape index (κ2) is 8.10. The molecular formula is C12H18ClF6NO. The number of hydrogen-bond acceptors (Lipinski definition) is 1. The van der Waals surface area contributed by atoms with Crippen molar-refractivity contribution in [2.75, 3.05) is 6.54 Å². The van der Waals surface area contributed by atoms with Crippen LogP contribution in [-0.4, -0.2) is 29.7 Å². The van der Waals surface area contributed by atoms with Gasteiger partial charge in [-0.2, -0.15) is 26.3 Å². The lowest BCUT2D eigenvalue weighted by Crippen LogP contribution is -2.59. The molecule has 9 heteroatoms. The molecule has 0 aliphatic heterocycles. The number of carbonyl (C=O) groups is 1. The molecule has 0 aromatic heterocycles. The quantitative estimate of drug-likeness (QED) is 0.352. The highest BCUT2D eigenvalue weighted by atomic mass is 35.5. The fourth-order valence-electron chi connectivity index (χ4n) is 1.54. The average Bonchev–Trinajstić information content (AvgIpc) is 2.35. The van der Waals surface area contributed by atoms with E-state index in [4.69, 9.17) is 0 Å². The van der Waals surface area contributed by atoms with Crippen molar-refractivity contribution in [1.82, 2.24) is 5.32 Å². The molecule has 0 aromatic rings. The van der Waals surface area contributed by atoms with Crippen LogP contribution in [0, 0.1) is 0 Å². The lowest BCUT2D eigenvalue weighted by molar-refractivity contribution is -0.269. The molecule has 0 radical (unpaired) electrons. The van der Waals surface area contributed by atoms with Crippen molar-refractivity contribution >= 4 is 17.5 Å². The van der Waals surface area contributed by atoms with E-state index in [0.29, 0.717) is 12.8 Å². The fraction of sp³-hybridized carbons (Fsp3) is 0.917. The number of unbranched alkanes of at least 4 members (excludes halogenated alkanes) is 5. The number of nitrogens with one attached hydrogen (secondary N) is 1. The second-order valence-corrected chi connectivity index (χ2v) is 5.14. The molecule has 0 aromatic carbocycles. The second-order valence-electron chi connectivity index (χ2n) is 4.67. The Morgan fingerprint density at radius 2 is 1.43 bits per heavy atom.